The molecule has 0 saturated carbocycles. The first-order chi connectivity index (χ1) is 54.1. The van der Waals surface area contributed by atoms with Gasteiger partial charge in [-0.25, -0.2) is 0 Å². The normalized spacial score (nSPS) is 18.7. The first-order valence-electron chi connectivity index (χ1n) is 40.8. The number of benzene rings is 12. The molecule has 0 atom stereocenters. The lowest BCUT2D eigenvalue weighted by Crippen LogP contribution is -2.21. The first kappa shape index (κ1) is 71.5. The molecule has 0 bridgehead atoms. The summed E-state index contributed by atoms with van der Waals surface area (Å²) in [6.45, 7) is 42.4. The van der Waals surface area contributed by atoms with Crippen molar-refractivity contribution in [2.24, 2.45) is 0 Å². The van der Waals surface area contributed by atoms with Gasteiger partial charge in [0.1, 0.15) is 0 Å². The van der Waals surface area contributed by atoms with Gasteiger partial charge in [-0.05, 0) is 246 Å². The molecule has 2 nitrogen and oxygen atoms in total. The monoisotopic (exact) mass is 1460 g/mol. The molecule has 0 spiro atoms. The van der Waals surface area contributed by atoms with Crippen LogP contribution in [0.15, 0.2) is 315 Å². The molecule has 0 unspecified atom stereocenters. The van der Waals surface area contributed by atoms with Crippen molar-refractivity contribution in [3.63, 3.8) is 0 Å². The van der Waals surface area contributed by atoms with Gasteiger partial charge in [0.25, 0.3) is 0 Å². The largest absolute Gasteiger partial charge is 0.311 e. The fourth-order valence-electron chi connectivity index (χ4n) is 20.8. The molecular formula is C111H100N2. The fraction of sp³-hybridized carbons (Fsp3) is 0.207. The van der Waals surface area contributed by atoms with E-state index in [4.69, 9.17) is 0 Å². The second-order valence-corrected chi connectivity index (χ2v) is 36.8. The Hall–Kier alpha value is -11.8. The van der Waals surface area contributed by atoms with Gasteiger partial charge in [0.15, 0.2) is 0 Å². The Balaban J connectivity index is 0.580. The number of nitrogens with zero attached hydrogens (tertiary/aromatic N) is 2. The van der Waals surface area contributed by atoms with Gasteiger partial charge in [-0.15, -0.1) is 0 Å². The first-order valence-corrected chi connectivity index (χ1v) is 40.8. The van der Waals surface area contributed by atoms with Crippen LogP contribution in [0.5, 0.6) is 0 Å². The number of rotatable bonds is 12. The molecule has 2 heteroatoms. The lowest BCUT2D eigenvalue weighted by molar-refractivity contribution is 0.532. The Labute approximate surface area is 670 Å². The molecule has 12 aromatic carbocycles. The molecule has 7 aliphatic rings. The number of hydrogen-bond acceptors (Lipinski definition) is 2. The Bertz CT molecular complexity index is 6210. The highest BCUT2D eigenvalue weighted by atomic mass is 15.2. The van der Waals surface area contributed by atoms with Crippen LogP contribution in [0.4, 0.5) is 28.4 Å². The minimum atomic E-state index is -0.263. The van der Waals surface area contributed by atoms with Crippen LogP contribution in [-0.4, -0.2) is 0 Å². The zero-order valence-corrected chi connectivity index (χ0v) is 68.1. The van der Waals surface area contributed by atoms with Gasteiger partial charge >= 0.3 is 0 Å². The second-order valence-electron chi connectivity index (χ2n) is 36.8. The molecule has 0 N–H and O–H groups in total. The Morgan fingerprint density at radius 2 is 0.655 bits per heavy atom. The molecule has 19 rings (SSSR count). The Morgan fingerprint density at radius 1 is 0.319 bits per heavy atom. The fourth-order valence-corrected chi connectivity index (χ4v) is 20.8. The maximum absolute atomic E-state index is 4.66. The molecule has 7 aliphatic carbocycles. The summed E-state index contributed by atoms with van der Waals surface area (Å²) in [6, 6.07) is 93.0. The molecule has 554 valence electrons. The number of allylic oxidation sites excluding steroid dienone is 10. The average molecular weight is 1460 g/mol. The van der Waals surface area contributed by atoms with Crippen molar-refractivity contribution in [1.29, 1.82) is 0 Å². The smallest absolute Gasteiger partial charge is 0.0465 e. The van der Waals surface area contributed by atoms with Crippen LogP contribution in [0, 0.1) is 0 Å². The van der Waals surface area contributed by atoms with Crippen LogP contribution in [-0.2, 0) is 44.3 Å². The molecule has 0 amide bonds. The summed E-state index contributed by atoms with van der Waals surface area (Å²) in [5.74, 6) is 0. The van der Waals surface area contributed by atoms with Crippen LogP contribution < -0.4 is 9.80 Å². The van der Waals surface area contributed by atoms with Crippen molar-refractivity contribution in [2.75, 3.05) is 9.80 Å². The lowest BCUT2D eigenvalue weighted by Gasteiger charge is -2.31. The molecule has 0 aliphatic heterocycles. The third-order valence-electron chi connectivity index (χ3n) is 27.5. The van der Waals surface area contributed by atoms with Crippen molar-refractivity contribution in [3.05, 3.63) is 410 Å². The average Bonchev–Trinajstić information content (AvgIpc) is 1.58. The summed E-state index contributed by atoms with van der Waals surface area (Å²) in [5.41, 5.74) is 44.9. The highest BCUT2D eigenvalue weighted by molar-refractivity contribution is 5.93. The van der Waals surface area contributed by atoms with E-state index >= 15 is 0 Å². The second kappa shape index (κ2) is 25.6. The Kier molecular flexibility index (Phi) is 16.2. The molecule has 0 radical (unpaired) electrons. The van der Waals surface area contributed by atoms with Crippen LogP contribution in [0.25, 0.3) is 79.4 Å². The third kappa shape index (κ3) is 11.2. The van der Waals surface area contributed by atoms with Gasteiger partial charge in [-0.2, -0.15) is 0 Å². The van der Waals surface area contributed by atoms with Crippen molar-refractivity contribution in [3.8, 4) is 55.6 Å². The summed E-state index contributed by atoms with van der Waals surface area (Å²) in [5, 5.41) is 0. The van der Waals surface area contributed by atoms with Gasteiger partial charge in [-0.3, -0.25) is 0 Å². The maximum Gasteiger partial charge on any atom is 0.0465 e. The summed E-state index contributed by atoms with van der Waals surface area (Å²) >= 11 is 0. The van der Waals surface area contributed by atoms with E-state index in [0.717, 1.165) is 46.7 Å². The SMILES string of the molecule is C=C/C=C(/C=C/c1ccc2c(c1)C(C)(C)c1cc(N(c3ccc4c(c3)C(C)(C)c3ccccc3-4)c3ccc4c(c3)C(C)(C)c3ccccc3-4)ccc1-2)\C=C1/Cc2ccc(/C=C/c3ccc4c(c3)C(C)(C)c3cc(N(C5=C/CC(C)(C)c6ccccc6C(=C)/C=C\5)c5ccc6c(c5)C(C)(C)c5ccccc5-6)ccc3-4)cc2C1(C)C. The summed E-state index contributed by atoms with van der Waals surface area (Å²) in [7, 11) is 0. The van der Waals surface area contributed by atoms with E-state index in [1.165, 1.54) is 167 Å². The van der Waals surface area contributed by atoms with Gasteiger partial charge in [0, 0.05) is 66.6 Å². The highest BCUT2D eigenvalue weighted by Gasteiger charge is 2.43. The zero-order chi connectivity index (χ0) is 78.2. The van der Waals surface area contributed by atoms with E-state index in [1.54, 1.807) is 0 Å². The maximum atomic E-state index is 4.66. The quantitative estimate of drug-likeness (QED) is 0.0888. The van der Waals surface area contributed by atoms with Crippen LogP contribution in [0.1, 0.15) is 198 Å². The van der Waals surface area contributed by atoms with E-state index in [2.05, 4.69) is 417 Å². The number of fused-ring (bicyclic) bond motifs is 17. The molecule has 12 aromatic rings. The van der Waals surface area contributed by atoms with Crippen LogP contribution >= 0.6 is 0 Å². The molecule has 113 heavy (non-hydrogen) atoms. The molecule has 0 heterocycles. The van der Waals surface area contributed by atoms with Crippen molar-refractivity contribution in [2.45, 2.75) is 148 Å². The predicted molar refractivity (Wildman–Crippen MR) is 482 cm³/mol. The standard InChI is InChI=1S/C111H100N2/c1-17-26-70(36-37-72-41-50-87-92-56-49-81(68-104(92)111(15,16)98(87)61-72)113(79-47-53-89-84-29-20-24-33-95(84)108(9,10)101(89)66-79)80-48-54-90-85-30-21-25-34-96(85)109(11,12)102(90)67-80)59-75-63-74-43-40-71(60-97(74)106(75,5)6)38-39-73-42-51-86-91-55-46-78(65-103(91)110(13,14)99(86)62-73)112(76-44-35-69(2)82-27-18-22-31-93(82)105(3,4)58-57-76)77-45-52-88-83-28-19-23-32-94(83)107(7,8)100(88)64-77/h17-57,59-62,64-68H,1-2,58,63H2,3-16H3/b37-36+,39-38+,44-35-,70-26-,75-59+,76-57+. The number of hydrogen-bond donors (Lipinski definition) is 0. The van der Waals surface area contributed by atoms with Gasteiger partial charge in [-0.1, -0.05) is 352 Å². The van der Waals surface area contributed by atoms with Crippen LogP contribution in [0.3, 0.4) is 0 Å². The van der Waals surface area contributed by atoms with Gasteiger partial charge in [0.05, 0.1) is 0 Å². The predicted octanol–water partition coefficient (Wildman–Crippen LogP) is 29.4. The summed E-state index contributed by atoms with van der Waals surface area (Å²) < 4.78 is 0. The zero-order valence-electron chi connectivity index (χ0n) is 68.1. The molecular weight excluding hydrogens is 1360 g/mol. The van der Waals surface area contributed by atoms with Crippen molar-refractivity contribution in [1.82, 2.24) is 0 Å². The summed E-state index contributed by atoms with van der Waals surface area (Å²) in [4.78, 5) is 5.03. The topological polar surface area (TPSA) is 6.48 Å². The molecule has 0 fully saturated rings. The Morgan fingerprint density at radius 3 is 1.08 bits per heavy atom. The molecule has 0 saturated heterocycles. The minimum Gasteiger partial charge on any atom is -0.311 e. The van der Waals surface area contributed by atoms with E-state index in [0.29, 0.717) is 0 Å². The van der Waals surface area contributed by atoms with Crippen molar-refractivity contribution < 1.29 is 0 Å². The molecule has 0 aromatic heterocycles. The third-order valence-corrected chi connectivity index (χ3v) is 27.5. The van der Waals surface area contributed by atoms with E-state index in [-0.39, 0.29) is 37.9 Å². The van der Waals surface area contributed by atoms with Crippen LogP contribution in [0.2, 0.25) is 0 Å². The van der Waals surface area contributed by atoms with E-state index in [9.17, 15) is 0 Å². The minimum absolute atomic E-state index is 0.127. The van der Waals surface area contributed by atoms with E-state index < -0.39 is 0 Å². The highest BCUT2D eigenvalue weighted by Crippen LogP contribution is 2.58. The summed E-state index contributed by atoms with van der Waals surface area (Å²) in [6.07, 6.45) is 24.5. The number of anilines is 5. The lowest BCUT2D eigenvalue weighted by atomic mass is 9.78. The van der Waals surface area contributed by atoms with E-state index in [1.807, 2.05) is 6.08 Å². The van der Waals surface area contributed by atoms with Gasteiger partial charge in [0.2, 0.25) is 0 Å². The van der Waals surface area contributed by atoms with Crippen molar-refractivity contribution >= 4 is 52.2 Å². The van der Waals surface area contributed by atoms with Gasteiger partial charge < -0.3 is 9.80 Å².